The number of benzene rings is 1. The maximum absolute atomic E-state index is 12.8. The van der Waals surface area contributed by atoms with Crippen LogP contribution in [-0.2, 0) is 9.63 Å². The molecule has 39 heavy (non-hydrogen) atoms. The molecule has 1 aromatic rings. The van der Waals surface area contributed by atoms with Crippen molar-refractivity contribution < 1.29 is 19.5 Å². The maximum Gasteiger partial charge on any atom is 0.335 e. The average molecular weight is 544 g/mol. The monoisotopic (exact) mass is 543 g/mol. The molecule has 0 unspecified atom stereocenters. The zero-order valence-electron chi connectivity index (χ0n) is 25.7. The molecule has 1 aromatic carbocycles. The summed E-state index contributed by atoms with van der Waals surface area (Å²) in [5.41, 5.74) is 0.438. The second-order valence-corrected chi connectivity index (χ2v) is 13.1. The summed E-state index contributed by atoms with van der Waals surface area (Å²) in [6.45, 7) is 10.6. The van der Waals surface area contributed by atoms with Gasteiger partial charge < -0.3 is 9.94 Å². The summed E-state index contributed by atoms with van der Waals surface area (Å²) in [4.78, 5) is 30.6. The van der Waals surface area contributed by atoms with Gasteiger partial charge in [0, 0.05) is 6.42 Å². The molecule has 0 saturated carbocycles. The highest BCUT2D eigenvalue weighted by molar-refractivity contribution is 5.89. The van der Waals surface area contributed by atoms with Crippen LogP contribution in [0.25, 0.3) is 0 Å². The molecule has 5 nitrogen and oxygen atoms in total. The lowest BCUT2D eigenvalue weighted by molar-refractivity contribution is -0.268. The Kier molecular flexibility index (Phi) is 14.6. The lowest BCUT2D eigenvalue weighted by Gasteiger charge is -2.53. The quantitative estimate of drug-likeness (QED) is 0.176. The van der Waals surface area contributed by atoms with Crippen LogP contribution >= 0.6 is 0 Å². The van der Waals surface area contributed by atoms with E-state index in [-0.39, 0.29) is 11.9 Å². The van der Waals surface area contributed by atoms with E-state index < -0.39 is 17.0 Å². The molecule has 2 rings (SSSR count). The first-order valence-corrected chi connectivity index (χ1v) is 15.9. The van der Waals surface area contributed by atoms with Crippen LogP contribution in [-0.4, -0.2) is 33.2 Å². The fourth-order valence-electron chi connectivity index (χ4n) is 6.57. The van der Waals surface area contributed by atoms with E-state index in [2.05, 4.69) is 34.6 Å². The molecule has 0 aliphatic carbocycles. The van der Waals surface area contributed by atoms with Crippen LogP contribution in [0, 0.1) is 0 Å². The number of unbranched alkanes of at least 4 members (excludes halogenated alkanes) is 14. The standard InChI is InChI=1S/C34H57NO4/c1-6-7-8-9-10-11-12-13-14-15-16-17-18-19-20-25-31(36)39-35-33(2,3)26-28(27-34(35,4)5)29-23-21-22-24-30(29)32(37)38/h21-24,28H,6-20,25-27H2,1-5H3,(H,37,38). The summed E-state index contributed by atoms with van der Waals surface area (Å²) in [6, 6.07) is 7.30. The van der Waals surface area contributed by atoms with Gasteiger partial charge in [-0.2, -0.15) is 0 Å². The van der Waals surface area contributed by atoms with Crippen molar-refractivity contribution in [2.24, 2.45) is 0 Å². The van der Waals surface area contributed by atoms with Gasteiger partial charge in [-0.15, -0.1) is 5.06 Å². The Morgan fingerprint density at radius 3 is 1.67 bits per heavy atom. The third-order valence-electron chi connectivity index (χ3n) is 8.40. The molecule has 0 amide bonds. The Morgan fingerprint density at radius 1 is 0.769 bits per heavy atom. The fourth-order valence-corrected chi connectivity index (χ4v) is 6.57. The lowest BCUT2D eigenvalue weighted by Crippen LogP contribution is -2.60. The highest BCUT2D eigenvalue weighted by atomic mass is 16.7. The normalized spacial score (nSPS) is 17.3. The zero-order valence-corrected chi connectivity index (χ0v) is 25.7. The Hall–Kier alpha value is -1.88. The van der Waals surface area contributed by atoms with Gasteiger partial charge in [-0.05, 0) is 64.5 Å². The second kappa shape index (κ2) is 17.0. The Labute approximate surface area is 239 Å². The number of carboxylic acid groups (broad SMARTS) is 1. The van der Waals surface area contributed by atoms with Crippen LogP contribution in [0.5, 0.6) is 0 Å². The molecule has 0 spiro atoms. The summed E-state index contributed by atoms with van der Waals surface area (Å²) in [5.74, 6) is -0.957. The average Bonchev–Trinajstić information content (AvgIpc) is 2.88. The van der Waals surface area contributed by atoms with Crippen molar-refractivity contribution in [1.29, 1.82) is 0 Å². The predicted molar refractivity (Wildman–Crippen MR) is 161 cm³/mol. The Balaban J connectivity index is 1.64. The maximum atomic E-state index is 12.8. The highest BCUT2D eigenvalue weighted by Crippen LogP contribution is 2.46. The number of carbonyl (C=O) groups is 2. The number of nitrogens with zero attached hydrogens (tertiary/aromatic N) is 1. The molecule has 1 N–H and O–H groups in total. The third-order valence-corrected chi connectivity index (χ3v) is 8.40. The van der Waals surface area contributed by atoms with E-state index in [0.717, 1.165) is 31.2 Å². The van der Waals surface area contributed by atoms with Crippen LogP contribution in [0.15, 0.2) is 24.3 Å². The molecular formula is C34H57NO4. The van der Waals surface area contributed by atoms with Crippen molar-refractivity contribution in [2.45, 2.75) is 167 Å². The minimum atomic E-state index is -0.890. The lowest BCUT2D eigenvalue weighted by atomic mass is 9.72. The van der Waals surface area contributed by atoms with E-state index in [4.69, 9.17) is 4.84 Å². The minimum absolute atomic E-state index is 0.0906. The first-order chi connectivity index (χ1) is 18.6. The number of hydroxylamine groups is 2. The topological polar surface area (TPSA) is 66.8 Å². The summed E-state index contributed by atoms with van der Waals surface area (Å²) in [7, 11) is 0. The number of piperidine rings is 1. The van der Waals surface area contributed by atoms with Crippen molar-refractivity contribution in [3.63, 3.8) is 0 Å². The predicted octanol–water partition coefficient (Wildman–Crippen LogP) is 9.84. The molecular weight excluding hydrogens is 486 g/mol. The molecule has 0 radical (unpaired) electrons. The summed E-state index contributed by atoms with van der Waals surface area (Å²) in [6.07, 6.45) is 21.5. The van der Waals surface area contributed by atoms with Gasteiger partial charge in [-0.25, -0.2) is 4.79 Å². The SMILES string of the molecule is CCCCCCCCCCCCCCCCCC(=O)ON1C(C)(C)CC(c2ccccc2C(=O)O)CC1(C)C. The van der Waals surface area contributed by atoms with E-state index in [9.17, 15) is 14.7 Å². The number of aromatic carboxylic acids is 1. The van der Waals surface area contributed by atoms with Gasteiger partial charge in [0.05, 0.1) is 16.6 Å². The summed E-state index contributed by atoms with van der Waals surface area (Å²) >= 11 is 0. The molecule has 1 heterocycles. The van der Waals surface area contributed by atoms with Crippen molar-refractivity contribution in [3.8, 4) is 0 Å². The first kappa shape index (κ1) is 33.3. The molecule has 1 fully saturated rings. The number of carboxylic acids is 1. The van der Waals surface area contributed by atoms with Crippen molar-refractivity contribution in [3.05, 3.63) is 35.4 Å². The number of carbonyl (C=O) groups excluding carboxylic acids is 1. The molecule has 0 atom stereocenters. The van der Waals surface area contributed by atoms with Crippen LogP contribution in [0.1, 0.15) is 172 Å². The summed E-state index contributed by atoms with van der Waals surface area (Å²) < 4.78 is 0. The first-order valence-electron chi connectivity index (χ1n) is 15.9. The molecule has 0 bridgehead atoms. The van der Waals surface area contributed by atoms with Crippen molar-refractivity contribution in [1.82, 2.24) is 5.06 Å². The van der Waals surface area contributed by atoms with Gasteiger partial charge in [0.15, 0.2) is 0 Å². The summed E-state index contributed by atoms with van der Waals surface area (Å²) in [5, 5.41) is 11.6. The highest BCUT2D eigenvalue weighted by Gasteiger charge is 2.48. The number of hydrogen-bond donors (Lipinski definition) is 1. The number of rotatable bonds is 19. The van der Waals surface area contributed by atoms with Gasteiger partial charge in [0.1, 0.15) is 0 Å². The van der Waals surface area contributed by atoms with Crippen LogP contribution in [0.4, 0.5) is 0 Å². The second-order valence-electron chi connectivity index (χ2n) is 13.1. The van der Waals surface area contributed by atoms with E-state index in [1.807, 2.05) is 17.2 Å². The minimum Gasteiger partial charge on any atom is -0.478 e. The molecule has 1 saturated heterocycles. The number of hydrogen-bond acceptors (Lipinski definition) is 4. The van der Waals surface area contributed by atoms with E-state index in [0.29, 0.717) is 12.0 Å². The van der Waals surface area contributed by atoms with Crippen LogP contribution < -0.4 is 0 Å². The largest absolute Gasteiger partial charge is 0.478 e. The van der Waals surface area contributed by atoms with Gasteiger partial charge in [0.2, 0.25) is 0 Å². The van der Waals surface area contributed by atoms with Gasteiger partial charge in [-0.3, -0.25) is 4.79 Å². The van der Waals surface area contributed by atoms with Crippen molar-refractivity contribution >= 4 is 11.9 Å². The zero-order chi connectivity index (χ0) is 28.7. The van der Waals surface area contributed by atoms with E-state index in [1.54, 1.807) is 12.1 Å². The van der Waals surface area contributed by atoms with E-state index >= 15 is 0 Å². The van der Waals surface area contributed by atoms with Gasteiger partial charge in [0.25, 0.3) is 0 Å². The van der Waals surface area contributed by atoms with Gasteiger partial charge in [-0.1, -0.05) is 115 Å². The molecule has 1 aliphatic rings. The molecule has 1 aliphatic heterocycles. The van der Waals surface area contributed by atoms with Gasteiger partial charge >= 0.3 is 11.9 Å². The molecule has 222 valence electrons. The smallest absolute Gasteiger partial charge is 0.335 e. The fraction of sp³-hybridized carbons (Fsp3) is 0.765. The van der Waals surface area contributed by atoms with E-state index in [1.165, 1.54) is 83.5 Å². The third kappa shape index (κ3) is 11.6. The van der Waals surface area contributed by atoms with Crippen molar-refractivity contribution in [2.75, 3.05) is 0 Å². The van der Waals surface area contributed by atoms with Crippen LogP contribution in [0.2, 0.25) is 0 Å². The molecule has 5 heteroatoms. The Bertz CT molecular complexity index is 845. The Morgan fingerprint density at radius 2 is 1.21 bits per heavy atom. The van der Waals surface area contributed by atoms with Crippen LogP contribution in [0.3, 0.4) is 0 Å². The molecule has 0 aromatic heterocycles.